The third-order valence-electron chi connectivity index (χ3n) is 3.59. The highest BCUT2D eigenvalue weighted by atomic mass is 16.5. The number of aryl methyl sites for hydroxylation is 3. The summed E-state index contributed by atoms with van der Waals surface area (Å²) in [5, 5.41) is 4.40. The molecule has 1 aromatic carbocycles. The molecule has 0 amide bonds. The quantitative estimate of drug-likeness (QED) is 0.929. The summed E-state index contributed by atoms with van der Waals surface area (Å²) in [7, 11) is 1.86. The maximum absolute atomic E-state index is 6.14. The minimum Gasteiger partial charge on any atom is -0.437 e. The Bertz CT molecular complexity index is 651. The summed E-state index contributed by atoms with van der Waals surface area (Å²) in [6.45, 7) is 10.7. The first-order valence-corrected chi connectivity index (χ1v) is 7.34. The van der Waals surface area contributed by atoms with Gasteiger partial charge >= 0.3 is 0 Å². The van der Waals surface area contributed by atoms with Crippen LogP contribution in [-0.2, 0) is 18.9 Å². The van der Waals surface area contributed by atoms with Gasteiger partial charge in [0.15, 0.2) is 0 Å². The lowest BCUT2D eigenvalue weighted by Gasteiger charge is -2.23. The van der Waals surface area contributed by atoms with Crippen molar-refractivity contribution in [1.29, 1.82) is 0 Å². The van der Waals surface area contributed by atoms with Crippen LogP contribution in [0.25, 0.3) is 0 Å². The third-order valence-corrected chi connectivity index (χ3v) is 3.59. The molecule has 0 radical (unpaired) electrons. The Kier molecular flexibility index (Phi) is 3.99. The first-order valence-electron chi connectivity index (χ1n) is 7.34. The average molecular weight is 287 g/mol. The molecule has 0 saturated carbocycles. The topological polar surface area (TPSA) is 53.1 Å². The Hall–Kier alpha value is -1.97. The normalized spacial score (nSPS) is 11.7. The molecular formula is C17H25N3O. The summed E-state index contributed by atoms with van der Waals surface area (Å²) in [6, 6.07) is 6.23. The summed E-state index contributed by atoms with van der Waals surface area (Å²) < 4.78 is 7.82. The molecule has 0 atom stereocenters. The minimum absolute atomic E-state index is 0.00228. The summed E-state index contributed by atoms with van der Waals surface area (Å²) in [6.07, 6.45) is 0.795. The van der Waals surface area contributed by atoms with E-state index in [0.717, 1.165) is 17.9 Å². The van der Waals surface area contributed by atoms with Gasteiger partial charge in [0.2, 0.25) is 5.88 Å². The largest absolute Gasteiger partial charge is 0.437 e. The Morgan fingerprint density at radius 3 is 2.48 bits per heavy atom. The monoisotopic (exact) mass is 287 g/mol. The first-order chi connectivity index (χ1) is 9.74. The maximum Gasteiger partial charge on any atom is 0.241 e. The molecule has 0 bridgehead atoms. The van der Waals surface area contributed by atoms with Gasteiger partial charge in [0, 0.05) is 12.6 Å². The van der Waals surface area contributed by atoms with Gasteiger partial charge in [-0.3, -0.25) is 0 Å². The fraction of sp³-hybridized carbons (Fsp3) is 0.471. The SMILES string of the molecule is CCc1nn(C)c(Oc2ccc(C)cc2C(C)(C)C)c1N. The van der Waals surface area contributed by atoms with Gasteiger partial charge in [-0.2, -0.15) is 5.10 Å². The maximum atomic E-state index is 6.14. The molecule has 4 nitrogen and oxygen atoms in total. The van der Waals surface area contributed by atoms with E-state index in [1.165, 1.54) is 11.1 Å². The van der Waals surface area contributed by atoms with Gasteiger partial charge in [-0.25, -0.2) is 4.68 Å². The van der Waals surface area contributed by atoms with Gasteiger partial charge in [0.1, 0.15) is 11.4 Å². The van der Waals surface area contributed by atoms with Crippen LogP contribution in [0.2, 0.25) is 0 Å². The number of anilines is 1. The summed E-state index contributed by atoms with van der Waals surface area (Å²) in [4.78, 5) is 0. The second-order valence-electron chi connectivity index (χ2n) is 6.49. The molecule has 0 spiro atoms. The average Bonchev–Trinajstić information content (AvgIpc) is 2.66. The number of aromatic nitrogens is 2. The second kappa shape index (κ2) is 5.43. The number of rotatable bonds is 3. The lowest BCUT2D eigenvalue weighted by molar-refractivity contribution is 0.415. The van der Waals surface area contributed by atoms with Gasteiger partial charge in [0.05, 0.1) is 5.69 Å². The van der Waals surface area contributed by atoms with Gasteiger partial charge in [-0.05, 0) is 24.8 Å². The van der Waals surface area contributed by atoms with Crippen molar-refractivity contribution in [1.82, 2.24) is 9.78 Å². The Morgan fingerprint density at radius 2 is 1.95 bits per heavy atom. The molecular weight excluding hydrogens is 262 g/mol. The fourth-order valence-electron chi connectivity index (χ4n) is 2.38. The van der Waals surface area contributed by atoms with Crippen LogP contribution in [0.5, 0.6) is 11.6 Å². The molecule has 1 aromatic heterocycles. The molecule has 0 saturated heterocycles. The fourth-order valence-corrected chi connectivity index (χ4v) is 2.38. The van der Waals surface area contributed by atoms with Crippen molar-refractivity contribution < 1.29 is 4.74 Å². The Balaban J connectivity index is 2.48. The lowest BCUT2D eigenvalue weighted by atomic mass is 9.85. The molecule has 1 heterocycles. The van der Waals surface area contributed by atoms with E-state index in [-0.39, 0.29) is 5.41 Å². The van der Waals surface area contributed by atoms with Crippen LogP contribution in [0, 0.1) is 6.92 Å². The first kappa shape index (κ1) is 15.4. The molecule has 0 fully saturated rings. The van der Waals surface area contributed by atoms with Crippen LogP contribution >= 0.6 is 0 Å². The highest BCUT2D eigenvalue weighted by Gasteiger charge is 2.22. The zero-order valence-corrected chi connectivity index (χ0v) is 13.8. The zero-order valence-electron chi connectivity index (χ0n) is 13.8. The molecule has 2 N–H and O–H groups in total. The van der Waals surface area contributed by atoms with Gasteiger partial charge < -0.3 is 10.5 Å². The number of hydrogen-bond acceptors (Lipinski definition) is 3. The van der Waals surface area contributed by atoms with Crippen molar-refractivity contribution in [2.75, 3.05) is 5.73 Å². The van der Waals surface area contributed by atoms with Crippen LogP contribution in [0.4, 0.5) is 5.69 Å². The van der Waals surface area contributed by atoms with E-state index in [9.17, 15) is 0 Å². The molecule has 2 aromatic rings. The van der Waals surface area contributed by atoms with E-state index in [4.69, 9.17) is 10.5 Å². The molecule has 2 rings (SSSR count). The number of nitrogen functional groups attached to an aromatic ring is 1. The molecule has 114 valence electrons. The summed E-state index contributed by atoms with van der Waals surface area (Å²) in [5.74, 6) is 1.45. The summed E-state index contributed by atoms with van der Waals surface area (Å²) >= 11 is 0. The Morgan fingerprint density at radius 1 is 1.29 bits per heavy atom. The standard InChI is InChI=1S/C17H25N3O/c1-7-13-15(18)16(20(6)19-13)21-14-9-8-11(2)10-12(14)17(3,4)5/h8-10H,7,18H2,1-6H3. The van der Waals surface area contributed by atoms with E-state index < -0.39 is 0 Å². The predicted octanol–water partition coefficient (Wildman–Crippen LogP) is 3.96. The lowest BCUT2D eigenvalue weighted by Crippen LogP contribution is -2.13. The number of hydrogen-bond donors (Lipinski definition) is 1. The van der Waals surface area contributed by atoms with E-state index in [0.29, 0.717) is 11.6 Å². The highest BCUT2D eigenvalue weighted by molar-refractivity contribution is 5.55. The van der Waals surface area contributed by atoms with Crippen molar-refractivity contribution in [3.05, 3.63) is 35.0 Å². The number of ether oxygens (including phenoxy) is 1. The van der Waals surface area contributed by atoms with E-state index >= 15 is 0 Å². The molecule has 0 aliphatic heterocycles. The molecule has 0 unspecified atom stereocenters. The number of benzene rings is 1. The van der Waals surface area contributed by atoms with Crippen molar-refractivity contribution in [2.45, 2.75) is 46.5 Å². The number of nitrogens with two attached hydrogens (primary N) is 1. The predicted molar refractivity (Wildman–Crippen MR) is 87.0 cm³/mol. The van der Waals surface area contributed by atoms with Crippen LogP contribution in [0.1, 0.15) is 44.5 Å². The zero-order chi connectivity index (χ0) is 15.8. The van der Waals surface area contributed by atoms with Crippen LogP contribution in [-0.4, -0.2) is 9.78 Å². The van der Waals surface area contributed by atoms with E-state index in [1.807, 2.05) is 20.0 Å². The third kappa shape index (κ3) is 3.04. The van der Waals surface area contributed by atoms with E-state index in [1.54, 1.807) is 4.68 Å². The van der Waals surface area contributed by atoms with Crippen molar-refractivity contribution in [3.63, 3.8) is 0 Å². The molecule has 0 aliphatic rings. The van der Waals surface area contributed by atoms with Crippen molar-refractivity contribution in [2.24, 2.45) is 7.05 Å². The van der Waals surface area contributed by atoms with Crippen molar-refractivity contribution >= 4 is 5.69 Å². The second-order valence-corrected chi connectivity index (χ2v) is 6.49. The molecule has 0 aliphatic carbocycles. The Labute approximate surface area is 126 Å². The summed E-state index contributed by atoms with van der Waals surface area (Å²) in [5.41, 5.74) is 10.0. The highest BCUT2D eigenvalue weighted by Crippen LogP contribution is 2.37. The smallest absolute Gasteiger partial charge is 0.241 e. The van der Waals surface area contributed by atoms with Crippen LogP contribution in [0.3, 0.4) is 0 Å². The van der Waals surface area contributed by atoms with Crippen LogP contribution in [0.15, 0.2) is 18.2 Å². The molecule has 4 heteroatoms. The van der Waals surface area contributed by atoms with Gasteiger partial charge in [0.25, 0.3) is 0 Å². The van der Waals surface area contributed by atoms with Crippen LogP contribution < -0.4 is 10.5 Å². The minimum atomic E-state index is 0.00228. The molecule has 21 heavy (non-hydrogen) atoms. The van der Waals surface area contributed by atoms with Gasteiger partial charge in [-0.1, -0.05) is 45.4 Å². The van der Waals surface area contributed by atoms with Crippen molar-refractivity contribution in [3.8, 4) is 11.6 Å². The number of nitrogens with zero attached hydrogens (tertiary/aromatic N) is 2. The van der Waals surface area contributed by atoms with Gasteiger partial charge in [-0.15, -0.1) is 0 Å². The van der Waals surface area contributed by atoms with E-state index in [2.05, 4.69) is 44.9 Å².